The van der Waals surface area contributed by atoms with E-state index < -0.39 is 17.8 Å². The van der Waals surface area contributed by atoms with Gasteiger partial charge in [-0.15, -0.1) is 0 Å². The van der Waals surface area contributed by atoms with E-state index in [4.69, 9.17) is 0 Å². The van der Waals surface area contributed by atoms with Crippen molar-refractivity contribution in [3.63, 3.8) is 0 Å². The molecule has 3 fully saturated rings. The molecular formula is C17H20NO3-. The molecule has 112 valence electrons. The van der Waals surface area contributed by atoms with Crippen molar-refractivity contribution in [1.29, 1.82) is 0 Å². The van der Waals surface area contributed by atoms with Crippen LogP contribution in [0.3, 0.4) is 0 Å². The van der Waals surface area contributed by atoms with Gasteiger partial charge in [-0.05, 0) is 62.1 Å². The summed E-state index contributed by atoms with van der Waals surface area (Å²) in [6.07, 6.45) is 3.75. The molecule has 1 N–H and O–H groups in total. The number of carboxylic acid groups (broad SMARTS) is 1. The zero-order chi connectivity index (χ0) is 15.0. The maximum Gasteiger partial charge on any atom is 0.228 e. The van der Waals surface area contributed by atoms with E-state index in [0.717, 1.165) is 36.9 Å². The van der Waals surface area contributed by atoms with Gasteiger partial charge in [0.15, 0.2) is 0 Å². The summed E-state index contributed by atoms with van der Waals surface area (Å²) in [5.74, 6) is -2.00. The van der Waals surface area contributed by atoms with Crippen LogP contribution in [0, 0.1) is 30.6 Å². The summed E-state index contributed by atoms with van der Waals surface area (Å²) in [7, 11) is 0. The molecule has 21 heavy (non-hydrogen) atoms. The van der Waals surface area contributed by atoms with Gasteiger partial charge in [-0.1, -0.05) is 12.1 Å². The number of carbonyl (C=O) groups is 2. The van der Waals surface area contributed by atoms with Gasteiger partial charge in [0.05, 0.1) is 0 Å². The molecule has 0 saturated heterocycles. The van der Waals surface area contributed by atoms with Crippen molar-refractivity contribution in [2.24, 2.45) is 23.7 Å². The number of fused-ring (bicyclic) bond motifs is 3. The number of aliphatic carboxylic acids is 1. The van der Waals surface area contributed by atoms with Crippen molar-refractivity contribution in [2.75, 3.05) is 5.32 Å². The predicted octanol–water partition coefficient (Wildman–Crippen LogP) is 1.74. The first kappa shape index (κ1) is 14.1. The van der Waals surface area contributed by atoms with Gasteiger partial charge >= 0.3 is 0 Å². The molecule has 4 rings (SSSR count). The van der Waals surface area contributed by atoms with E-state index >= 15 is 0 Å². The Morgan fingerprint density at radius 2 is 1.71 bits per heavy atom. The molecule has 2 atom stereocenters. The van der Waals surface area contributed by atoms with Crippen molar-refractivity contribution in [1.82, 2.24) is 0 Å². The number of amides is 1. The van der Waals surface area contributed by atoms with E-state index in [9.17, 15) is 14.7 Å². The molecule has 0 heterocycles. The van der Waals surface area contributed by atoms with Crippen LogP contribution in [0.1, 0.15) is 31.2 Å². The molecular weight excluding hydrogens is 266 g/mol. The van der Waals surface area contributed by atoms with Crippen LogP contribution < -0.4 is 10.4 Å². The number of nitrogens with one attached hydrogen (secondary N) is 1. The van der Waals surface area contributed by atoms with Crippen LogP contribution in [0.4, 0.5) is 5.69 Å². The molecule has 0 spiro atoms. The summed E-state index contributed by atoms with van der Waals surface area (Å²) in [5, 5.41) is 14.4. The maximum absolute atomic E-state index is 12.6. The predicted molar refractivity (Wildman–Crippen MR) is 77.2 cm³/mol. The van der Waals surface area contributed by atoms with Gasteiger partial charge in [0.1, 0.15) is 0 Å². The minimum Gasteiger partial charge on any atom is -0.550 e. The van der Waals surface area contributed by atoms with Gasteiger partial charge in [0.2, 0.25) is 5.91 Å². The van der Waals surface area contributed by atoms with E-state index in [2.05, 4.69) is 5.32 Å². The number of rotatable bonds is 3. The summed E-state index contributed by atoms with van der Waals surface area (Å²) in [5.41, 5.74) is 1.80. The topological polar surface area (TPSA) is 69.2 Å². The highest BCUT2D eigenvalue weighted by atomic mass is 16.4. The number of hydrogen-bond donors (Lipinski definition) is 1. The largest absolute Gasteiger partial charge is 0.550 e. The Bertz CT molecular complexity index is 561. The zero-order valence-corrected chi connectivity index (χ0v) is 12.2. The third kappa shape index (κ3) is 2.67. The Hall–Kier alpha value is -1.84. The fourth-order valence-electron chi connectivity index (χ4n) is 4.11. The van der Waals surface area contributed by atoms with Crippen molar-refractivity contribution in [3.8, 4) is 0 Å². The fourth-order valence-corrected chi connectivity index (χ4v) is 4.11. The van der Waals surface area contributed by atoms with E-state index in [1.807, 2.05) is 31.2 Å². The molecule has 3 aliphatic rings. The fraction of sp³-hybridized carbons (Fsp3) is 0.529. The van der Waals surface area contributed by atoms with Crippen molar-refractivity contribution in [3.05, 3.63) is 29.8 Å². The van der Waals surface area contributed by atoms with Crippen LogP contribution in [-0.4, -0.2) is 11.9 Å². The lowest BCUT2D eigenvalue weighted by molar-refractivity contribution is -0.318. The Morgan fingerprint density at radius 3 is 2.29 bits per heavy atom. The normalized spacial score (nSPS) is 30.9. The minimum absolute atomic E-state index is 0.105. The van der Waals surface area contributed by atoms with Gasteiger partial charge in [0.25, 0.3) is 0 Å². The van der Waals surface area contributed by atoms with Crippen molar-refractivity contribution in [2.45, 2.75) is 32.6 Å². The van der Waals surface area contributed by atoms with Gasteiger partial charge in [-0.25, -0.2) is 0 Å². The zero-order valence-electron chi connectivity index (χ0n) is 12.2. The number of anilines is 1. The number of benzene rings is 1. The number of carboxylic acids is 1. The van der Waals surface area contributed by atoms with Crippen molar-refractivity contribution < 1.29 is 14.7 Å². The van der Waals surface area contributed by atoms with Crippen LogP contribution in [0.15, 0.2) is 24.3 Å². The summed E-state index contributed by atoms with van der Waals surface area (Å²) in [4.78, 5) is 24.1. The smallest absolute Gasteiger partial charge is 0.228 e. The molecule has 2 bridgehead atoms. The minimum atomic E-state index is -1.06. The SMILES string of the molecule is Cc1cccc(NC(=O)[C@@H]2C3CCC(CC3)[C@@H]2C(=O)[O-])c1. The second kappa shape index (κ2) is 5.51. The first-order valence-corrected chi connectivity index (χ1v) is 7.64. The molecule has 0 aromatic heterocycles. The monoisotopic (exact) mass is 286 g/mol. The number of carbonyl (C=O) groups excluding carboxylic acids is 2. The molecule has 3 saturated carbocycles. The second-order valence-electron chi connectivity index (χ2n) is 6.40. The van der Waals surface area contributed by atoms with E-state index in [0.29, 0.717) is 0 Å². The standard InChI is InChI=1S/C17H21NO3/c1-10-3-2-4-13(9-10)18-16(19)14-11-5-7-12(8-6-11)15(14)17(20)21/h2-4,9,11-12,14-15H,5-8H2,1H3,(H,18,19)(H,20,21)/p-1/t11?,12?,14-,15+/m1/s1. The molecule has 0 aliphatic heterocycles. The van der Waals surface area contributed by atoms with Crippen LogP contribution in [0.25, 0.3) is 0 Å². The van der Waals surface area contributed by atoms with E-state index in [1.54, 1.807) is 0 Å². The van der Waals surface area contributed by atoms with Gasteiger partial charge in [-0.3, -0.25) is 4.79 Å². The van der Waals surface area contributed by atoms with Crippen LogP contribution >= 0.6 is 0 Å². The molecule has 0 unspecified atom stereocenters. The maximum atomic E-state index is 12.6. The van der Waals surface area contributed by atoms with Gasteiger partial charge in [0, 0.05) is 23.5 Å². The quantitative estimate of drug-likeness (QED) is 0.920. The Balaban J connectivity index is 1.80. The number of hydrogen-bond acceptors (Lipinski definition) is 3. The molecule has 3 aliphatic carbocycles. The molecule has 4 heteroatoms. The highest BCUT2D eigenvalue weighted by Gasteiger charge is 2.47. The van der Waals surface area contributed by atoms with Crippen molar-refractivity contribution >= 4 is 17.6 Å². The molecule has 1 amide bonds. The summed E-state index contributed by atoms with van der Waals surface area (Å²) in [6, 6.07) is 7.57. The van der Waals surface area contributed by atoms with E-state index in [-0.39, 0.29) is 17.7 Å². The summed E-state index contributed by atoms with van der Waals surface area (Å²) < 4.78 is 0. The van der Waals surface area contributed by atoms with Gasteiger partial charge < -0.3 is 15.2 Å². The lowest BCUT2D eigenvalue weighted by Gasteiger charge is -2.48. The highest BCUT2D eigenvalue weighted by molar-refractivity contribution is 5.95. The Morgan fingerprint density at radius 1 is 1.10 bits per heavy atom. The third-order valence-corrected chi connectivity index (χ3v) is 5.08. The molecule has 0 radical (unpaired) electrons. The average molecular weight is 286 g/mol. The summed E-state index contributed by atoms with van der Waals surface area (Å²) >= 11 is 0. The Labute approximate surface area is 124 Å². The average Bonchev–Trinajstić information content (AvgIpc) is 2.47. The number of aryl methyl sites for hydroxylation is 1. The molecule has 1 aromatic carbocycles. The second-order valence-corrected chi connectivity index (χ2v) is 6.40. The van der Waals surface area contributed by atoms with Gasteiger partial charge in [-0.2, -0.15) is 0 Å². The highest BCUT2D eigenvalue weighted by Crippen LogP contribution is 2.49. The van der Waals surface area contributed by atoms with E-state index in [1.165, 1.54) is 0 Å². The molecule has 4 nitrogen and oxygen atoms in total. The van der Waals surface area contributed by atoms with Crippen LogP contribution in [0.5, 0.6) is 0 Å². The third-order valence-electron chi connectivity index (χ3n) is 5.08. The Kier molecular flexibility index (Phi) is 3.70. The van der Waals surface area contributed by atoms with Crippen LogP contribution in [0.2, 0.25) is 0 Å². The lowest BCUT2D eigenvalue weighted by atomic mass is 9.58. The first-order valence-electron chi connectivity index (χ1n) is 7.64. The summed E-state index contributed by atoms with van der Waals surface area (Å²) in [6.45, 7) is 1.96. The first-order chi connectivity index (χ1) is 10.1. The molecule has 1 aromatic rings. The lowest BCUT2D eigenvalue weighted by Crippen LogP contribution is -2.52. The van der Waals surface area contributed by atoms with Crippen LogP contribution in [-0.2, 0) is 9.59 Å².